The van der Waals surface area contributed by atoms with E-state index in [0.717, 1.165) is 4.47 Å². The van der Waals surface area contributed by atoms with Gasteiger partial charge >= 0.3 is 0 Å². The van der Waals surface area contributed by atoms with Crippen molar-refractivity contribution in [2.45, 2.75) is 0 Å². The molecule has 0 atom stereocenters. The first-order chi connectivity index (χ1) is 8.08. The second-order valence-electron chi connectivity index (χ2n) is 3.58. The maximum Gasteiger partial charge on any atom is 0.193 e. The molecule has 2 nitrogen and oxygen atoms in total. The third kappa shape index (κ3) is 2.68. The van der Waals surface area contributed by atoms with Crippen LogP contribution in [0.25, 0.3) is 0 Å². The van der Waals surface area contributed by atoms with Gasteiger partial charge in [-0.2, -0.15) is 0 Å². The van der Waals surface area contributed by atoms with Crippen LogP contribution in [0.1, 0.15) is 15.9 Å². The van der Waals surface area contributed by atoms with Gasteiger partial charge in [0.25, 0.3) is 0 Å². The first-order valence-electron chi connectivity index (χ1n) is 4.93. The zero-order valence-corrected chi connectivity index (χ0v) is 11.1. The van der Waals surface area contributed by atoms with Gasteiger partial charge in [-0.1, -0.05) is 39.7 Å². The number of ketones is 1. The molecule has 4 heteroatoms. The van der Waals surface area contributed by atoms with Crippen LogP contribution in [0.5, 0.6) is 0 Å². The smallest absolute Gasteiger partial charge is 0.193 e. The van der Waals surface area contributed by atoms with Crippen LogP contribution in [0.3, 0.4) is 0 Å². The fourth-order valence-corrected chi connectivity index (χ4v) is 2.04. The molecule has 0 saturated carbocycles. The van der Waals surface area contributed by atoms with Crippen molar-refractivity contribution in [2.24, 2.45) is 0 Å². The van der Waals surface area contributed by atoms with Crippen LogP contribution in [-0.4, -0.2) is 5.78 Å². The van der Waals surface area contributed by atoms with E-state index >= 15 is 0 Å². The van der Waals surface area contributed by atoms with Crippen molar-refractivity contribution in [3.63, 3.8) is 0 Å². The molecule has 0 unspecified atom stereocenters. The predicted molar refractivity (Wildman–Crippen MR) is 73.4 cm³/mol. The van der Waals surface area contributed by atoms with Gasteiger partial charge in [0.1, 0.15) is 0 Å². The van der Waals surface area contributed by atoms with E-state index in [4.69, 9.17) is 17.3 Å². The number of hydrogen-bond acceptors (Lipinski definition) is 2. The van der Waals surface area contributed by atoms with Gasteiger partial charge in [-0.05, 0) is 30.3 Å². The summed E-state index contributed by atoms with van der Waals surface area (Å²) in [7, 11) is 0. The quantitative estimate of drug-likeness (QED) is 0.675. The molecule has 0 aromatic heterocycles. The van der Waals surface area contributed by atoms with Gasteiger partial charge in [0, 0.05) is 15.6 Å². The molecule has 0 fully saturated rings. The highest BCUT2D eigenvalue weighted by molar-refractivity contribution is 9.10. The minimum absolute atomic E-state index is 0.0757. The first-order valence-corrected chi connectivity index (χ1v) is 6.10. The lowest BCUT2D eigenvalue weighted by Crippen LogP contribution is -2.01. The van der Waals surface area contributed by atoms with Gasteiger partial charge < -0.3 is 5.73 Å². The van der Waals surface area contributed by atoms with Crippen LogP contribution in [0.2, 0.25) is 5.02 Å². The molecule has 0 spiro atoms. The van der Waals surface area contributed by atoms with Gasteiger partial charge in [0.15, 0.2) is 5.78 Å². The molecule has 0 saturated heterocycles. The van der Waals surface area contributed by atoms with Crippen molar-refractivity contribution < 1.29 is 4.79 Å². The van der Waals surface area contributed by atoms with Crippen LogP contribution in [0.15, 0.2) is 46.9 Å². The Bertz CT molecular complexity index is 583. The van der Waals surface area contributed by atoms with E-state index in [1.54, 1.807) is 30.3 Å². The molecule has 86 valence electrons. The zero-order valence-electron chi connectivity index (χ0n) is 8.78. The van der Waals surface area contributed by atoms with E-state index in [1.165, 1.54) is 0 Å². The van der Waals surface area contributed by atoms with Crippen molar-refractivity contribution in [3.8, 4) is 0 Å². The highest BCUT2D eigenvalue weighted by Crippen LogP contribution is 2.22. The third-order valence-electron chi connectivity index (χ3n) is 2.35. The molecular formula is C13H9BrClNO. The summed E-state index contributed by atoms with van der Waals surface area (Å²) < 4.78 is 0.866. The Morgan fingerprint density at radius 1 is 1.12 bits per heavy atom. The van der Waals surface area contributed by atoms with Gasteiger partial charge in [-0.25, -0.2) is 0 Å². The van der Waals surface area contributed by atoms with E-state index in [2.05, 4.69) is 15.9 Å². The molecule has 0 aliphatic carbocycles. The molecule has 0 amide bonds. The molecule has 2 rings (SSSR count). The fourth-order valence-electron chi connectivity index (χ4n) is 1.46. The normalized spacial score (nSPS) is 10.2. The predicted octanol–water partition coefficient (Wildman–Crippen LogP) is 3.92. The summed E-state index contributed by atoms with van der Waals surface area (Å²) in [5.74, 6) is -0.0757. The number of hydrogen-bond donors (Lipinski definition) is 1. The maximum atomic E-state index is 12.1. The fraction of sp³-hybridized carbons (Fsp3) is 0. The monoisotopic (exact) mass is 309 g/mol. The van der Waals surface area contributed by atoms with E-state index in [1.807, 2.05) is 12.1 Å². The Kier molecular flexibility index (Phi) is 3.50. The Hall–Kier alpha value is -1.32. The second-order valence-corrected chi connectivity index (χ2v) is 4.90. The van der Waals surface area contributed by atoms with E-state index in [9.17, 15) is 4.79 Å². The Morgan fingerprint density at radius 2 is 1.82 bits per heavy atom. The lowest BCUT2D eigenvalue weighted by Gasteiger charge is -2.04. The number of carbonyl (C=O) groups is 1. The average molecular weight is 311 g/mol. The van der Waals surface area contributed by atoms with Gasteiger partial charge in [-0.3, -0.25) is 4.79 Å². The molecule has 0 radical (unpaired) electrons. The van der Waals surface area contributed by atoms with Crippen molar-refractivity contribution in [1.82, 2.24) is 0 Å². The van der Waals surface area contributed by atoms with Crippen LogP contribution in [-0.2, 0) is 0 Å². The molecule has 2 N–H and O–H groups in total. The largest absolute Gasteiger partial charge is 0.398 e. The summed E-state index contributed by atoms with van der Waals surface area (Å²) in [6, 6.07) is 12.1. The summed E-state index contributed by atoms with van der Waals surface area (Å²) in [6.45, 7) is 0. The van der Waals surface area contributed by atoms with Crippen molar-refractivity contribution in [2.75, 3.05) is 5.73 Å². The minimum atomic E-state index is -0.0757. The highest BCUT2D eigenvalue weighted by Gasteiger charge is 2.10. The van der Waals surface area contributed by atoms with Crippen molar-refractivity contribution >= 4 is 39.0 Å². The number of halogens is 2. The summed E-state index contributed by atoms with van der Waals surface area (Å²) >= 11 is 9.22. The number of benzene rings is 2. The highest BCUT2D eigenvalue weighted by atomic mass is 79.9. The molecule has 2 aromatic carbocycles. The van der Waals surface area contributed by atoms with Gasteiger partial charge in [0.05, 0.1) is 10.7 Å². The zero-order chi connectivity index (χ0) is 12.4. The first kappa shape index (κ1) is 12.1. The average Bonchev–Trinajstić information content (AvgIpc) is 2.32. The minimum Gasteiger partial charge on any atom is -0.398 e. The standard InChI is InChI=1S/C13H9BrClNO/c14-10-3-1-2-8(6-10)13(17)9-4-5-12(16)11(15)7-9/h1-7H,16H2. The number of nitrogen functional groups attached to an aromatic ring is 1. The SMILES string of the molecule is Nc1ccc(C(=O)c2cccc(Br)c2)cc1Cl. The molecule has 0 heterocycles. The summed E-state index contributed by atoms with van der Waals surface area (Å²) in [6.07, 6.45) is 0. The number of carbonyl (C=O) groups excluding carboxylic acids is 1. The topological polar surface area (TPSA) is 43.1 Å². The molecule has 17 heavy (non-hydrogen) atoms. The number of anilines is 1. The van der Waals surface area contributed by atoms with Gasteiger partial charge in [-0.15, -0.1) is 0 Å². The van der Waals surface area contributed by atoms with E-state index in [0.29, 0.717) is 21.8 Å². The number of rotatable bonds is 2. The molecule has 0 aliphatic rings. The van der Waals surface area contributed by atoms with Gasteiger partial charge in [0.2, 0.25) is 0 Å². The molecular weight excluding hydrogens is 302 g/mol. The molecule has 2 aromatic rings. The number of nitrogens with two attached hydrogens (primary N) is 1. The van der Waals surface area contributed by atoms with Crippen molar-refractivity contribution in [3.05, 3.63) is 63.1 Å². The maximum absolute atomic E-state index is 12.1. The van der Waals surface area contributed by atoms with E-state index in [-0.39, 0.29) is 5.78 Å². The van der Waals surface area contributed by atoms with Crippen LogP contribution in [0, 0.1) is 0 Å². The Balaban J connectivity index is 2.40. The van der Waals surface area contributed by atoms with E-state index < -0.39 is 0 Å². The molecule has 0 aliphatic heterocycles. The summed E-state index contributed by atoms with van der Waals surface area (Å²) in [5.41, 5.74) is 7.21. The van der Waals surface area contributed by atoms with Crippen LogP contribution < -0.4 is 5.73 Å². The van der Waals surface area contributed by atoms with Crippen LogP contribution >= 0.6 is 27.5 Å². The lowest BCUT2D eigenvalue weighted by atomic mass is 10.0. The summed E-state index contributed by atoms with van der Waals surface area (Å²) in [5, 5.41) is 0.394. The van der Waals surface area contributed by atoms with Crippen LogP contribution in [0.4, 0.5) is 5.69 Å². The van der Waals surface area contributed by atoms with Crippen molar-refractivity contribution in [1.29, 1.82) is 0 Å². The summed E-state index contributed by atoms with van der Waals surface area (Å²) in [4.78, 5) is 12.1. The third-order valence-corrected chi connectivity index (χ3v) is 3.17. The lowest BCUT2D eigenvalue weighted by molar-refractivity contribution is 0.103. The second kappa shape index (κ2) is 4.90. The molecule has 0 bridgehead atoms. The Morgan fingerprint density at radius 3 is 2.47 bits per heavy atom. The Labute approximate surface area is 113 Å².